The van der Waals surface area contributed by atoms with Gasteiger partial charge in [-0.1, -0.05) is 11.6 Å². The Balaban J connectivity index is 1.21. The van der Waals surface area contributed by atoms with Gasteiger partial charge in [0.1, 0.15) is 47.5 Å². The molecule has 5 atom stereocenters. The van der Waals surface area contributed by atoms with E-state index in [0.717, 1.165) is 50.6 Å². The van der Waals surface area contributed by atoms with Gasteiger partial charge in [0.05, 0.1) is 11.6 Å². The quantitative estimate of drug-likeness (QED) is 0.425. The normalized spacial score (nSPS) is 31.2. The van der Waals surface area contributed by atoms with Gasteiger partial charge in [-0.25, -0.2) is 13.8 Å². The zero-order chi connectivity index (χ0) is 29.0. The van der Waals surface area contributed by atoms with Gasteiger partial charge in [0.15, 0.2) is 5.82 Å². The molecule has 5 fully saturated rings. The molecule has 2 N–H and O–H groups in total. The van der Waals surface area contributed by atoms with Crippen LogP contribution in [0.5, 0.6) is 17.6 Å². The molecular formula is C31H33ClF2N6O3. The number of hydrogen-bond acceptors (Lipinski definition) is 9. The lowest BCUT2D eigenvalue weighted by Gasteiger charge is -2.40. The zero-order valence-corrected chi connectivity index (χ0v) is 24.4. The first-order valence-electron chi connectivity index (χ1n) is 15.5. The first kappa shape index (κ1) is 26.4. The number of benzene rings is 1. The molecular weight excluding hydrogens is 578 g/mol. The van der Waals surface area contributed by atoms with Crippen molar-refractivity contribution in [2.45, 2.75) is 80.7 Å². The van der Waals surface area contributed by atoms with Crippen molar-refractivity contribution in [2.75, 3.05) is 37.7 Å². The third-order valence-electron chi connectivity index (χ3n) is 10.5. The number of halogens is 3. The van der Waals surface area contributed by atoms with Gasteiger partial charge in [-0.3, -0.25) is 4.90 Å². The maximum atomic E-state index is 16.8. The average Bonchev–Trinajstić information content (AvgIpc) is 3.56. The van der Waals surface area contributed by atoms with E-state index >= 15 is 4.39 Å². The van der Waals surface area contributed by atoms with E-state index in [1.165, 1.54) is 12.1 Å². The second kappa shape index (κ2) is 9.49. The van der Waals surface area contributed by atoms with E-state index in [1.54, 1.807) is 0 Å². The highest BCUT2D eigenvalue weighted by molar-refractivity contribution is 6.32. The molecule has 3 aromatic rings. The summed E-state index contributed by atoms with van der Waals surface area (Å²) in [5.74, 6) is 0.292. The molecule has 0 radical (unpaired) electrons. The van der Waals surface area contributed by atoms with E-state index in [-0.39, 0.29) is 53.5 Å². The van der Waals surface area contributed by atoms with Crippen LogP contribution in [0.2, 0.25) is 5.02 Å². The molecule has 2 bridgehead atoms. The number of ether oxygens (including phenoxy) is 2. The van der Waals surface area contributed by atoms with Crippen molar-refractivity contribution in [3.8, 4) is 28.9 Å². The number of nitrogens with one attached hydrogen (secondary N) is 1. The number of phenolic OH excluding ortho intramolecular Hbond substituents is 1. The molecule has 1 aromatic carbocycles. The van der Waals surface area contributed by atoms with Gasteiger partial charge in [-0.2, -0.15) is 9.97 Å². The maximum absolute atomic E-state index is 16.8. The Labute approximate surface area is 252 Å². The lowest BCUT2D eigenvalue weighted by Crippen LogP contribution is -2.60. The fourth-order valence-electron chi connectivity index (χ4n) is 8.39. The van der Waals surface area contributed by atoms with Crippen molar-refractivity contribution in [1.82, 2.24) is 25.2 Å². The SMILES string of the molecule is Oc1cc(Cl)c(C2CC2)c(-c2nc3c4c(nc(OC[C@]56CCCN5C[C@@H](F)C6)nc4c2F)N2C[C@@H]4CC[C@@H](N4)[C@H]2CO3)c1. The smallest absolute Gasteiger partial charge is 0.319 e. The van der Waals surface area contributed by atoms with Gasteiger partial charge in [0, 0.05) is 42.2 Å². The average molecular weight is 611 g/mol. The standard InChI is InChI=1S/C31H33ClF2N6O3/c32-20-9-18(41)8-19(23(20)15-2-3-15)26-25(34)27-24-28(40-12-17-4-5-21(35-17)22(40)13-42-29(24)36-26)38-30(37-27)43-14-31-6-1-7-39(31)11-16(33)10-31/h8-9,15-17,21-22,35,41H,1-7,10-14H2/t16-,17-,21+,22+,31+/m0/s1. The fourth-order valence-corrected chi connectivity index (χ4v) is 8.76. The van der Waals surface area contributed by atoms with Crippen molar-refractivity contribution in [1.29, 1.82) is 0 Å². The highest BCUT2D eigenvalue weighted by Gasteiger charge is 2.50. The zero-order valence-electron chi connectivity index (χ0n) is 23.7. The first-order valence-corrected chi connectivity index (χ1v) is 15.9. The summed E-state index contributed by atoms with van der Waals surface area (Å²) in [7, 11) is 0. The van der Waals surface area contributed by atoms with E-state index < -0.39 is 17.5 Å². The van der Waals surface area contributed by atoms with Crippen LogP contribution >= 0.6 is 11.6 Å². The minimum atomic E-state index is -0.885. The van der Waals surface area contributed by atoms with Crippen LogP contribution in [-0.2, 0) is 0 Å². The number of phenols is 1. The second-order valence-electron chi connectivity index (χ2n) is 13.2. The third-order valence-corrected chi connectivity index (χ3v) is 10.8. The summed E-state index contributed by atoms with van der Waals surface area (Å²) < 4.78 is 44.0. The largest absolute Gasteiger partial charge is 0.508 e. The molecule has 6 aliphatic rings. The molecule has 2 aromatic heterocycles. The summed E-state index contributed by atoms with van der Waals surface area (Å²) in [4.78, 5) is 18.7. The number of aromatic hydroxyl groups is 1. The van der Waals surface area contributed by atoms with Gasteiger partial charge in [0.25, 0.3) is 0 Å². The molecule has 0 amide bonds. The first-order chi connectivity index (χ1) is 20.9. The van der Waals surface area contributed by atoms with Crippen LogP contribution in [0.1, 0.15) is 56.4 Å². The number of piperazine rings is 1. The molecule has 0 spiro atoms. The van der Waals surface area contributed by atoms with E-state index in [0.29, 0.717) is 53.9 Å². The molecule has 12 heteroatoms. The summed E-state index contributed by atoms with van der Waals surface area (Å²) in [6.45, 7) is 2.56. The molecule has 0 unspecified atom stereocenters. The Morgan fingerprint density at radius 1 is 1.16 bits per heavy atom. The van der Waals surface area contributed by atoms with Gasteiger partial charge < -0.3 is 24.8 Å². The van der Waals surface area contributed by atoms with Crippen molar-refractivity contribution >= 4 is 28.3 Å². The molecule has 5 aliphatic heterocycles. The van der Waals surface area contributed by atoms with Crippen LogP contribution in [0, 0.1) is 5.82 Å². The molecule has 4 saturated heterocycles. The Morgan fingerprint density at radius 3 is 2.91 bits per heavy atom. The van der Waals surface area contributed by atoms with Crippen LogP contribution in [-0.4, -0.2) is 87.6 Å². The van der Waals surface area contributed by atoms with Gasteiger partial charge in [-0.05, 0) is 68.7 Å². The highest BCUT2D eigenvalue weighted by atomic mass is 35.5. The summed E-state index contributed by atoms with van der Waals surface area (Å²) in [6, 6.07) is 3.57. The molecule has 9 nitrogen and oxygen atoms in total. The molecule has 226 valence electrons. The monoisotopic (exact) mass is 610 g/mol. The number of alkyl halides is 1. The van der Waals surface area contributed by atoms with Crippen molar-refractivity contribution < 1.29 is 23.4 Å². The van der Waals surface area contributed by atoms with Gasteiger partial charge >= 0.3 is 6.01 Å². The van der Waals surface area contributed by atoms with Crippen LogP contribution < -0.4 is 19.7 Å². The highest BCUT2D eigenvalue weighted by Crippen LogP contribution is 2.50. The molecule has 9 rings (SSSR count). The number of aromatic nitrogens is 3. The lowest BCUT2D eigenvalue weighted by atomic mass is 9.95. The van der Waals surface area contributed by atoms with E-state index in [1.807, 2.05) is 0 Å². The molecule has 43 heavy (non-hydrogen) atoms. The molecule has 7 heterocycles. The molecule has 1 aliphatic carbocycles. The van der Waals surface area contributed by atoms with E-state index in [2.05, 4.69) is 20.1 Å². The summed E-state index contributed by atoms with van der Waals surface area (Å²) >= 11 is 6.60. The van der Waals surface area contributed by atoms with Crippen LogP contribution in [0.4, 0.5) is 14.6 Å². The van der Waals surface area contributed by atoms with Crippen LogP contribution in [0.15, 0.2) is 12.1 Å². The van der Waals surface area contributed by atoms with Gasteiger partial charge in [-0.15, -0.1) is 0 Å². The predicted molar refractivity (Wildman–Crippen MR) is 156 cm³/mol. The summed E-state index contributed by atoms with van der Waals surface area (Å²) in [5, 5.41) is 15.0. The number of nitrogens with zero attached hydrogens (tertiary/aromatic N) is 5. The van der Waals surface area contributed by atoms with Crippen LogP contribution in [0.25, 0.3) is 22.2 Å². The maximum Gasteiger partial charge on any atom is 0.319 e. The van der Waals surface area contributed by atoms with Crippen molar-refractivity contribution in [2.24, 2.45) is 0 Å². The topological polar surface area (TPSA) is 95.9 Å². The number of fused-ring (bicyclic) bond motifs is 6. The van der Waals surface area contributed by atoms with Crippen molar-refractivity contribution in [3.05, 3.63) is 28.5 Å². The Bertz CT molecular complexity index is 1660. The fraction of sp³-hybridized carbons (Fsp3) is 0.581. The number of anilines is 1. The summed E-state index contributed by atoms with van der Waals surface area (Å²) in [6.07, 6.45) is 5.31. The predicted octanol–water partition coefficient (Wildman–Crippen LogP) is 4.72. The minimum absolute atomic E-state index is 0.0197. The van der Waals surface area contributed by atoms with Gasteiger partial charge in [0.2, 0.25) is 5.88 Å². The van der Waals surface area contributed by atoms with Crippen LogP contribution in [0.3, 0.4) is 0 Å². The Kier molecular flexibility index (Phi) is 5.82. The number of hydrogen-bond donors (Lipinski definition) is 2. The summed E-state index contributed by atoms with van der Waals surface area (Å²) in [5.41, 5.74) is 0.920. The minimum Gasteiger partial charge on any atom is -0.508 e. The Hall–Kier alpha value is -3.02. The lowest BCUT2D eigenvalue weighted by molar-refractivity contribution is 0.107. The van der Waals surface area contributed by atoms with Crippen molar-refractivity contribution in [3.63, 3.8) is 0 Å². The third kappa shape index (κ3) is 4.10. The second-order valence-corrected chi connectivity index (χ2v) is 13.6. The number of pyridine rings is 1. The Morgan fingerprint density at radius 2 is 2.05 bits per heavy atom. The van der Waals surface area contributed by atoms with E-state index in [4.69, 9.17) is 31.0 Å². The molecule has 1 saturated carbocycles. The van der Waals surface area contributed by atoms with E-state index in [9.17, 15) is 9.50 Å². The number of rotatable bonds is 5.